The first kappa shape index (κ1) is 31.1. The Morgan fingerprint density at radius 2 is 1.48 bits per heavy atom. The summed E-state index contributed by atoms with van der Waals surface area (Å²) in [5, 5.41) is 11.9. The summed E-state index contributed by atoms with van der Waals surface area (Å²) in [5.41, 5.74) is 1.11. The standard InChI is InChI=1S/C32H31BrN4O8S/c1-32(2)44-26-17-34(46(42,43)28-10-6-5-9-23(28)37(40)41)15-24-29(19-11-13-20(33)14-12-19)25(35(24)18-27(26)45-32)16-36-30(38)21-7-3-4-8-22(21)31(36)39/h3-14,24-27,29H,15-18H2,1-2H3/t24-,25+,26+,27+,29-/m1/s1. The number of nitro benzene ring substituents is 1. The summed E-state index contributed by atoms with van der Waals surface area (Å²) in [6, 6.07) is 19.0. The highest BCUT2D eigenvalue weighted by Crippen LogP contribution is 2.46. The quantitative estimate of drug-likeness (QED) is 0.211. The molecular formula is C32H31BrN4O8S. The molecule has 0 radical (unpaired) electrons. The Morgan fingerprint density at radius 3 is 2.11 bits per heavy atom. The van der Waals surface area contributed by atoms with E-state index in [0.717, 1.165) is 10.0 Å². The summed E-state index contributed by atoms with van der Waals surface area (Å²) < 4.78 is 43.1. The lowest BCUT2D eigenvalue weighted by molar-refractivity contribution is -0.387. The van der Waals surface area contributed by atoms with Gasteiger partial charge in [-0.25, -0.2) is 8.42 Å². The van der Waals surface area contributed by atoms with Crippen LogP contribution in [-0.4, -0.2) is 95.5 Å². The molecule has 5 atom stereocenters. The van der Waals surface area contributed by atoms with Gasteiger partial charge in [0.25, 0.3) is 17.5 Å². The van der Waals surface area contributed by atoms with Crippen LogP contribution in [-0.2, 0) is 19.5 Å². The Morgan fingerprint density at radius 1 is 0.891 bits per heavy atom. The van der Waals surface area contributed by atoms with Gasteiger partial charge in [0.15, 0.2) is 10.7 Å². The second kappa shape index (κ2) is 11.3. The number of ether oxygens (including phenoxy) is 2. The fourth-order valence-electron chi connectivity index (χ4n) is 7.31. The molecule has 7 rings (SSSR count). The lowest BCUT2D eigenvalue weighted by Crippen LogP contribution is -2.71. The van der Waals surface area contributed by atoms with Gasteiger partial charge in [-0.05, 0) is 49.7 Å². The van der Waals surface area contributed by atoms with Crippen molar-refractivity contribution < 1.29 is 32.4 Å². The zero-order chi connectivity index (χ0) is 32.5. The molecule has 0 N–H and O–H groups in total. The van der Waals surface area contributed by atoms with Crippen LogP contribution in [0.5, 0.6) is 0 Å². The average molecular weight is 712 g/mol. The van der Waals surface area contributed by atoms with E-state index >= 15 is 0 Å². The van der Waals surface area contributed by atoms with Gasteiger partial charge in [-0.1, -0.05) is 52.3 Å². The number of para-hydroxylation sites is 1. The highest BCUT2D eigenvalue weighted by molar-refractivity contribution is 9.10. The first-order valence-electron chi connectivity index (χ1n) is 14.9. The van der Waals surface area contributed by atoms with E-state index in [1.165, 1.54) is 33.5 Å². The fraction of sp³-hybridized carbons (Fsp3) is 0.375. The van der Waals surface area contributed by atoms with Gasteiger partial charge < -0.3 is 9.47 Å². The first-order chi connectivity index (χ1) is 21.9. The van der Waals surface area contributed by atoms with Crippen LogP contribution in [0.25, 0.3) is 0 Å². The third-order valence-electron chi connectivity index (χ3n) is 9.31. The van der Waals surface area contributed by atoms with Gasteiger partial charge in [0, 0.05) is 54.7 Å². The van der Waals surface area contributed by atoms with Gasteiger partial charge >= 0.3 is 0 Å². The summed E-state index contributed by atoms with van der Waals surface area (Å²) in [5.74, 6) is -2.03. The number of carbonyl (C=O) groups excluding carboxylic acids is 2. The summed E-state index contributed by atoms with van der Waals surface area (Å²) >= 11 is 3.48. The molecule has 2 amide bonds. The van der Waals surface area contributed by atoms with Gasteiger partial charge in [-0.3, -0.25) is 29.5 Å². The minimum absolute atomic E-state index is 0.000734. The Balaban J connectivity index is 1.29. The molecule has 4 aliphatic rings. The molecule has 46 heavy (non-hydrogen) atoms. The van der Waals surface area contributed by atoms with E-state index in [-0.39, 0.29) is 43.4 Å². The Hall–Kier alpha value is -3.53. The van der Waals surface area contributed by atoms with E-state index in [1.807, 2.05) is 24.3 Å². The third-order valence-corrected chi connectivity index (χ3v) is 11.7. The maximum absolute atomic E-state index is 14.3. The molecule has 240 valence electrons. The molecule has 0 spiro atoms. The monoisotopic (exact) mass is 710 g/mol. The van der Waals surface area contributed by atoms with Gasteiger partial charge in [-0.15, -0.1) is 0 Å². The van der Waals surface area contributed by atoms with Crippen molar-refractivity contribution in [2.75, 3.05) is 26.2 Å². The van der Waals surface area contributed by atoms with Gasteiger partial charge in [0.05, 0.1) is 16.1 Å². The van der Waals surface area contributed by atoms with Crippen LogP contribution in [0.4, 0.5) is 5.69 Å². The average Bonchev–Trinajstić information content (AvgIpc) is 3.44. The Labute approximate surface area is 274 Å². The number of carbonyl (C=O) groups is 2. The van der Waals surface area contributed by atoms with Crippen LogP contribution >= 0.6 is 15.9 Å². The second-order valence-electron chi connectivity index (χ2n) is 12.4. The molecule has 14 heteroatoms. The lowest BCUT2D eigenvalue weighted by atomic mass is 9.73. The van der Waals surface area contributed by atoms with Crippen LogP contribution in [0.3, 0.4) is 0 Å². The smallest absolute Gasteiger partial charge is 0.289 e. The molecule has 3 saturated heterocycles. The van der Waals surface area contributed by atoms with Crippen LogP contribution < -0.4 is 0 Å². The van der Waals surface area contributed by atoms with Crippen LogP contribution in [0.15, 0.2) is 82.2 Å². The fourth-order valence-corrected chi connectivity index (χ4v) is 9.21. The van der Waals surface area contributed by atoms with Gasteiger partial charge in [-0.2, -0.15) is 4.31 Å². The van der Waals surface area contributed by atoms with Crippen molar-refractivity contribution in [2.45, 2.75) is 54.7 Å². The predicted molar refractivity (Wildman–Crippen MR) is 169 cm³/mol. The molecule has 0 aromatic heterocycles. The van der Waals surface area contributed by atoms with Crippen LogP contribution in [0.2, 0.25) is 0 Å². The molecule has 3 aromatic rings. The summed E-state index contributed by atoms with van der Waals surface area (Å²) in [6.07, 6.45) is -1.21. The first-order valence-corrected chi connectivity index (χ1v) is 17.1. The van der Waals surface area contributed by atoms with Crippen molar-refractivity contribution in [3.05, 3.63) is 104 Å². The Bertz CT molecular complexity index is 1820. The minimum atomic E-state index is -4.38. The predicted octanol–water partition coefficient (Wildman–Crippen LogP) is 4.01. The van der Waals surface area contributed by atoms with Crippen molar-refractivity contribution in [2.24, 2.45) is 0 Å². The number of halogens is 1. The molecular weight excluding hydrogens is 680 g/mol. The number of fused-ring (bicyclic) bond motifs is 3. The summed E-state index contributed by atoms with van der Waals surface area (Å²) in [7, 11) is -4.38. The topological polar surface area (TPSA) is 140 Å². The lowest BCUT2D eigenvalue weighted by Gasteiger charge is -2.58. The largest absolute Gasteiger partial charge is 0.343 e. The molecule has 0 unspecified atom stereocenters. The number of amides is 2. The molecule has 3 aromatic carbocycles. The molecule has 4 aliphatic heterocycles. The Kier molecular flexibility index (Phi) is 7.65. The van der Waals surface area contributed by atoms with Crippen molar-refractivity contribution >= 4 is 43.5 Å². The SMILES string of the molecule is CC1(C)O[C@H]2CN3[C@H](CN(S(=O)(=O)c4ccccc4[N+](=O)[O-])C[C@@H]2O1)[C@@H](c1ccc(Br)cc1)[C@@H]3CN1C(=O)c2ccccc2C1=O. The molecule has 0 aliphatic carbocycles. The van der Waals surface area contributed by atoms with E-state index in [1.54, 1.807) is 38.1 Å². The van der Waals surface area contributed by atoms with Crippen molar-refractivity contribution in [1.29, 1.82) is 0 Å². The molecule has 0 saturated carbocycles. The van der Waals surface area contributed by atoms with Gasteiger partial charge in [0.1, 0.15) is 12.2 Å². The van der Waals surface area contributed by atoms with Crippen LogP contribution in [0, 0.1) is 10.1 Å². The van der Waals surface area contributed by atoms with E-state index < -0.39 is 49.6 Å². The van der Waals surface area contributed by atoms with Crippen LogP contribution in [0.1, 0.15) is 46.0 Å². The highest BCUT2D eigenvalue weighted by Gasteiger charge is 2.57. The summed E-state index contributed by atoms with van der Waals surface area (Å²) in [4.78, 5) is 41.0. The van der Waals surface area contributed by atoms with Crippen molar-refractivity contribution in [1.82, 2.24) is 14.1 Å². The second-order valence-corrected chi connectivity index (χ2v) is 15.3. The number of hydrogen-bond donors (Lipinski definition) is 0. The number of sulfonamides is 1. The normalized spacial score (nSPS) is 27.7. The molecule has 4 heterocycles. The zero-order valence-electron chi connectivity index (χ0n) is 25.0. The molecule has 3 fully saturated rings. The van der Waals surface area contributed by atoms with E-state index in [2.05, 4.69) is 20.8 Å². The van der Waals surface area contributed by atoms with E-state index in [4.69, 9.17) is 9.47 Å². The molecule has 0 bridgehead atoms. The third kappa shape index (κ3) is 5.17. The molecule has 12 nitrogen and oxygen atoms in total. The maximum Gasteiger partial charge on any atom is 0.289 e. The highest BCUT2D eigenvalue weighted by atomic mass is 79.9. The number of nitro groups is 1. The minimum Gasteiger partial charge on any atom is -0.343 e. The number of rotatable bonds is 6. The van der Waals surface area contributed by atoms with E-state index in [9.17, 15) is 28.1 Å². The van der Waals surface area contributed by atoms with Crippen molar-refractivity contribution in [3.63, 3.8) is 0 Å². The number of nitrogens with zero attached hydrogens (tertiary/aromatic N) is 4. The van der Waals surface area contributed by atoms with Gasteiger partial charge in [0.2, 0.25) is 10.0 Å². The number of hydrogen-bond acceptors (Lipinski definition) is 9. The zero-order valence-corrected chi connectivity index (χ0v) is 27.4. The van der Waals surface area contributed by atoms with E-state index in [0.29, 0.717) is 17.7 Å². The summed E-state index contributed by atoms with van der Waals surface area (Å²) in [6.45, 7) is 3.91. The number of benzene rings is 3. The maximum atomic E-state index is 14.3. The van der Waals surface area contributed by atoms with Crippen molar-refractivity contribution in [3.8, 4) is 0 Å². The number of imide groups is 1.